The van der Waals surface area contributed by atoms with Crippen molar-refractivity contribution >= 4 is 38.2 Å². The van der Waals surface area contributed by atoms with E-state index < -0.39 is 0 Å². The second kappa shape index (κ2) is 4.53. The minimum atomic E-state index is 0.675. The predicted molar refractivity (Wildman–Crippen MR) is 72.7 cm³/mol. The van der Waals surface area contributed by atoms with Gasteiger partial charge in [-0.3, -0.25) is 4.98 Å². The molecule has 1 aromatic carbocycles. The zero-order chi connectivity index (χ0) is 11.5. The highest BCUT2D eigenvalue weighted by molar-refractivity contribution is 9.11. The third-order valence-electron chi connectivity index (χ3n) is 2.27. The Balaban J connectivity index is 2.46. The number of benzene rings is 1. The van der Waals surface area contributed by atoms with Crippen LogP contribution < -0.4 is 11.1 Å². The fourth-order valence-corrected chi connectivity index (χ4v) is 1.68. The topological polar surface area (TPSA) is 50.9 Å². The van der Waals surface area contributed by atoms with E-state index in [9.17, 15) is 0 Å². The van der Waals surface area contributed by atoms with Gasteiger partial charge in [-0.25, -0.2) is 0 Å². The lowest BCUT2D eigenvalue weighted by atomic mass is 10.1. The number of rotatable bonds is 3. The van der Waals surface area contributed by atoms with Gasteiger partial charge in [0.25, 0.3) is 0 Å². The lowest BCUT2D eigenvalue weighted by Crippen LogP contribution is -2.02. The van der Waals surface area contributed by atoms with Crippen LogP contribution in [0.25, 0.3) is 10.9 Å². The zero-order valence-corrected chi connectivity index (χ0v) is 10.3. The Bertz CT molecular complexity index is 537. The van der Waals surface area contributed by atoms with Gasteiger partial charge in [-0.05, 0) is 24.3 Å². The summed E-state index contributed by atoms with van der Waals surface area (Å²) in [4.78, 5) is 4.27. The highest BCUT2D eigenvalue weighted by atomic mass is 79.9. The third kappa shape index (κ3) is 2.17. The molecule has 2 aromatic rings. The minimum absolute atomic E-state index is 0.675. The van der Waals surface area contributed by atoms with Crippen molar-refractivity contribution in [1.29, 1.82) is 0 Å². The van der Waals surface area contributed by atoms with E-state index in [1.807, 2.05) is 24.3 Å². The van der Waals surface area contributed by atoms with Crippen molar-refractivity contribution in [2.45, 2.75) is 0 Å². The molecule has 0 amide bonds. The lowest BCUT2D eigenvalue weighted by Gasteiger charge is -2.09. The molecule has 0 aliphatic rings. The smallest absolute Gasteiger partial charge is 0.0951 e. The molecule has 0 fully saturated rings. The summed E-state index contributed by atoms with van der Waals surface area (Å²) in [7, 11) is 0. The zero-order valence-electron chi connectivity index (χ0n) is 8.70. The number of hydrogen-bond donors (Lipinski definition) is 2. The van der Waals surface area contributed by atoms with Gasteiger partial charge in [0.05, 0.1) is 11.2 Å². The second-order valence-corrected chi connectivity index (χ2v) is 4.59. The summed E-state index contributed by atoms with van der Waals surface area (Å²) in [5, 5.41) is 4.30. The number of nitrogens with zero attached hydrogens (tertiary/aromatic N) is 1. The molecule has 3 N–H and O–H groups in total. The maximum absolute atomic E-state index is 5.86. The van der Waals surface area contributed by atoms with Crippen molar-refractivity contribution in [3.63, 3.8) is 0 Å². The number of nitrogen functional groups attached to an aromatic ring is 1. The molecular weight excluding hydrogens is 266 g/mol. The molecule has 0 saturated heterocycles. The number of nitrogens with one attached hydrogen (secondary N) is 1. The van der Waals surface area contributed by atoms with Crippen molar-refractivity contribution < 1.29 is 0 Å². The van der Waals surface area contributed by atoms with Gasteiger partial charge >= 0.3 is 0 Å². The molecule has 0 spiro atoms. The lowest BCUT2D eigenvalue weighted by molar-refractivity contribution is 1.33. The van der Waals surface area contributed by atoms with Crippen LogP contribution in [0.2, 0.25) is 0 Å². The van der Waals surface area contributed by atoms with E-state index in [1.54, 1.807) is 6.20 Å². The number of fused-ring (bicyclic) bond motifs is 1. The quantitative estimate of drug-likeness (QED) is 0.848. The van der Waals surface area contributed by atoms with Crippen molar-refractivity contribution in [2.75, 3.05) is 17.6 Å². The van der Waals surface area contributed by atoms with E-state index in [2.05, 4.69) is 32.8 Å². The molecule has 82 valence electrons. The van der Waals surface area contributed by atoms with Gasteiger partial charge in [-0.2, -0.15) is 0 Å². The molecule has 0 bridgehead atoms. The normalized spacial score (nSPS) is 10.3. The fraction of sp³-hybridized carbons (Fsp3) is 0.0833. The monoisotopic (exact) mass is 277 g/mol. The largest absolute Gasteiger partial charge is 0.397 e. The summed E-state index contributed by atoms with van der Waals surface area (Å²) in [5.41, 5.74) is 8.40. The molecule has 0 unspecified atom stereocenters. The van der Waals surface area contributed by atoms with Crippen molar-refractivity contribution in [1.82, 2.24) is 4.98 Å². The molecule has 0 atom stereocenters. The van der Waals surface area contributed by atoms with E-state index in [-0.39, 0.29) is 0 Å². The molecular formula is C12H12BrN3. The van der Waals surface area contributed by atoms with Crippen molar-refractivity contribution in [2.24, 2.45) is 0 Å². The Morgan fingerprint density at radius 2 is 2.25 bits per heavy atom. The summed E-state index contributed by atoms with van der Waals surface area (Å²) in [6.07, 6.45) is 1.74. The summed E-state index contributed by atoms with van der Waals surface area (Å²) in [6.45, 7) is 4.46. The number of anilines is 2. The van der Waals surface area contributed by atoms with Crippen LogP contribution in [-0.2, 0) is 0 Å². The number of aromatic nitrogens is 1. The third-order valence-corrected chi connectivity index (χ3v) is 2.55. The van der Waals surface area contributed by atoms with Gasteiger partial charge in [-0.1, -0.05) is 22.5 Å². The standard InChI is InChI=1S/C12H12BrN3/c1-8(13)7-16-11-5-4-10(14)12-9(11)3-2-6-15-12/h2-6,16H,1,7,14H2. The fourth-order valence-electron chi connectivity index (χ4n) is 1.54. The summed E-state index contributed by atoms with van der Waals surface area (Å²) in [6, 6.07) is 7.71. The molecule has 0 saturated carbocycles. The Morgan fingerprint density at radius 3 is 3.00 bits per heavy atom. The molecule has 1 heterocycles. The Hall–Kier alpha value is -1.55. The van der Waals surface area contributed by atoms with Gasteiger partial charge in [0.1, 0.15) is 0 Å². The van der Waals surface area contributed by atoms with Crippen LogP contribution in [0, 0.1) is 0 Å². The summed E-state index contributed by atoms with van der Waals surface area (Å²) >= 11 is 3.31. The molecule has 4 heteroatoms. The average molecular weight is 278 g/mol. The predicted octanol–water partition coefficient (Wildman–Crippen LogP) is 3.14. The van der Waals surface area contributed by atoms with Crippen LogP contribution in [0.1, 0.15) is 0 Å². The van der Waals surface area contributed by atoms with E-state index >= 15 is 0 Å². The first kappa shape index (κ1) is 11.0. The number of halogens is 1. The van der Waals surface area contributed by atoms with Gasteiger partial charge in [-0.15, -0.1) is 0 Å². The van der Waals surface area contributed by atoms with E-state index in [0.29, 0.717) is 12.2 Å². The van der Waals surface area contributed by atoms with Gasteiger partial charge in [0.2, 0.25) is 0 Å². The van der Waals surface area contributed by atoms with Crippen LogP contribution in [0.15, 0.2) is 41.5 Å². The van der Waals surface area contributed by atoms with Crippen molar-refractivity contribution in [3.8, 4) is 0 Å². The van der Waals surface area contributed by atoms with Gasteiger partial charge < -0.3 is 11.1 Å². The maximum Gasteiger partial charge on any atom is 0.0951 e. The highest BCUT2D eigenvalue weighted by Crippen LogP contribution is 2.26. The molecule has 3 nitrogen and oxygen atoms in total. The van der Waals surface area contributed by atoms with Crippen LogP contribution >= 0.6 is 15.9 Å². The first-order valence-corrected chi connectivity index (χ1v) is 5.68. The molecule has 0 radical (unpaired) electrons. The second-order valence-electron chi connectivity index (χ2n) is 3.47. The van der Waals surface area contributed by atoms with Gasteiger partial charge in [0.15, 0.2) is 0 Å². The first-order chi connectivity index (χ1) is 7.68. The summed E-state index contributed by atoms with van der Waals surface area (Å²) in [5.74, 6) is 0. The Labute approximate surface area is 102 Å². The van der Waals surface area contributed by atoms with Crippen LogP contribution in [0.5, 0.6) is 0 Å². The average Bonchev–Trinajstić information content (AvgIpc) is 2.28. The van der Waals surface area contributed by atoms with Crippen LogP contribution in [-0.4, -0.2) is 11.5 Å². The van der Waals surface area contributed by atoms with Crippen LogP contribution in [0.4, 0.5) is 11.4 Å². The molecule has 16 heavy (non-hydrogen) atoms. The van der Waals surface area contributed by atoms with E-state index in [0.717, 1.165) is 21.1 Å². The molecule has 1 aromatic heterocycles. The van der Waals surface area contributed by atoms with E-state index in [1.165, 1.54) is 0 Å². The summed E-state index contributed by atoms with van der Waals surface area (Å²) < 4.78 is 0.904. The Kier molecular flexibility index (Phi) is 3.10. The van der Waals surface area contributed by atoms with E-state index in [4.69, 9.17) is 5.73 Å². The maximum atomic E-state index is 5.86. The minimum Gasteiger partial charge on any atom is -0.397 e. The van der Waals surface area contributed by atoms with Gasteiger partial charge in [0, 0.05) is 28.3 Å². The van der Waals surface area contributed by atoms with Crippen molar-refractivity contribution in [3.05, 3.63) is 41.5 Å². The first-order valence-electron chi connectivity index (χ1n) is 4.89. The number of pyridine rings is 1. The number of nitrogens with two attached hydrogens (primary N) is 1. The SMILES string of the molecule is C=C(Br)CNc1ccc(N)c2ncccc12. The number of hydrogen-bond acceptors (Lipinski definition) is 3. The molecule has 0 aliphatic heterocycles. The Morgan fingerprint density at radius 1 is 1.44 bits per heavy atom. The molecule has 2 rings (SSSR count). The molecule has 0 aliphatic carbocycles. The van der Waals surface area contributed by atoms with Crippen LogP contribution in [0.3, 0.4) is 0 Å². The highest BCUT2D eigenvalue weighted by Gasteiger charge is 2.03.